The fourth-order valence-corrected chi connectivity index (χ4v) is 2.29. The molecule has 9 heteroatoms. The number of halogens is 3. The number of anilines is 1. The molecule has 29 heavy (non-hydrogen) atoms. The standard InChI is InChI=1S/C20H19F3N2O4/c1-13(19(28)25-16-9-7-15(8-10-16)20(21,22)23)29-18(27)12-24-17(26)11-14-5-3-2-4-6-14/h2-10,13H,11-12H2,1H3,(H,24,26)(H,25,28)/t13-/m1/s1. The lowest BCUT2D eigenvalue weighted by atomic mass is 10.1. The van der Waals surface area contributed by atoms with E-state index in [-0.39, 0.29) is 18.0 Å². The largest absolute Gasteiger partial charge is 0.451 e. The molecule has 2 aromatic carbocycles. The van der Waals surface area contributed by atoms with E-state index in [2.05, 4.69) is 10.6 Å². The van der Waals surface area contributed by atoms with Gasteiger partial charge in [-0.1, -0.05) is 30.3 Å². The number of nitrogens with one attached hydrogen (secondary N) is 2. The Morgan fingerprint density at radius 1 is 1.00 bits per heavy atom. The second-order valence-electron chi connectivity index (χ2n) is 6.14. The van der Waals surface area contributed by atoms with Crippen molar-refractivity contribution in [2.75, 3.05) is 11.9 Å². The SMILES string of the molecule is C[C@@H](OC(=O)CNC(=O)Cc1ccccc1)C(=O)Nc1ccc(C(F)(F)F)cc1. The third-order valence-electron chi connectivity index (χ3n) is 3.79. The maximum Gasteiger partial charge on any atom is 0.416 e. The second kappa shape index (κ2) is 9.72. The zero-order valence-corrected chi connectivity index (χ0v) is 15.5. The van der Waals surface area contributed by atoms with Crippen LogP contribution >= 0.6 is 0 Å². The number of benzene rings is 2. The van der Waals surface area contributed by atoms with E-state index in [4.69, 9.17) is 4.74 Å². The Balaban J connectivity index is 1.76. The van der Waals surface area contributed by atoms with Crippen molar-refractivity contribution in [2.24, 2.45) is 0 Å². The maximum absolute atomic E-state index is 12.5. The summed E-state index contributed by atoms with van der Waals surface area (Å²) < 4.78 is 42.5. The molecule has 0 saturated carbocycles. The van der Waals surface area contributed by atoms with Crippen molar-refractivity contribution in [1.29, 1.82) is 0 Å². The molecule has 2 rings (SSSR count). The van der Waals surface area contributed by atoms with Crippen molar-refractivity contribution in [3.05, 3.63) is 65.7 Å². The number of hydrogen-bond acceptors (Lipinski definition) is 4. The summed E-state index contributed by atoms with van der Waals surface area (Å²) in [6.07, 6.45) is -5.58. The van der Waals surface area contributed by atoms with Gasteiger partial charge in [0.1, 0.15) is 6.54 Å². The fraction of sp³-hybridized carbons (Fsp3) is 0.250. The van der Waals surface area contributed by atoms with Crippen LogP contribution in [-0.4, -0.2) is 30.4 Å². The molecule has 0 aliphatic rings. The lowest BCUT2D eigenvalue weighted by molar-refractivity contribution is -0.152. The van der Waals surface area contributed by atoms with Crippen LogP contribution in [0.15, 0.2) is 54.6 Å². The first-order valence-corrected chi connectivity index (χ1v) is 8.63. The topological polar surface area (TPSA) is 84.5 Å². The average molecular weight is 408 g/mol. The molecule has 6 nitrogen and oxygen atoms in total. The third kappa shape index (κ3) is 7.28. The summed E-state index contributed by atoms with van der Waals surface area (Å²) in [5.41, 5.74) is 0.0611. The summed E-state index contributed by atoms with van der Waals surface area (Å²) in [6.45, 7) is 0.896. The van der Waals surface area contributed by atoms with Gasteiger partial charge < -0.3 is 15.4 Å². The molecule has 2 aromatic rings. The number of alkyl halides is 3. The summed E-state index contributed by atoms with van der Waals surface area (Å²) in [5.74, 6) is -1.91. The van der Waals surface area contributed by atoms with Crippen LogP contribution in [0.3, 0.4) is 0 Å². The van der Waals surface area contributed by atoms with Gasteiger partial charge in [-0.15, -0.1) is 0 Å². The van der Waals surface area contributed by atoms with Crippen molar-refractivity contribution in [2.45, 2.75) is 25.6 Å². The summed E-state index contributed by atoms with van der Waals surface area (Å²) in [7, 11) is 0. The van der Waals surface area contributed by atoms with E-state index in [9.17, 15) is 27.6 Å². The molecule has 154 valence electrons. The molecular formula is C20H19F3N2O4. The van der Waals surface area contributed by atoms with Gasteiger partial charge in [0.2, 0.25) is 5.91 Å². The van der Waals surface area contributed by atoms with Gasteiger partial charge in [-0.05, 0) is 36.8 Å². The molecule has 0 radical (unpaired) electrons. The molecule has 0 spiro atoms. The van der Waals surface area contributed by atoms with Crippen LogP contribution < -0.4 is 10.6 Å². The monoisotopic (exact) mass is 408 g/mol. The third-order valence-corrected chi connectivity index (χ3v) is 3.79. The number of rotatable bonds is 7. The van der Waals surface area contributed by atoms with E-state index < -0.39 is 36.3 Å². The lowest BCUT2D eigenvalue weighted by Crippen LogP contribution is -2.36. The van der Waals surface area contributed by atoms with E-state index in [0.29, 0.717) is 0 Å². The first kappa shape index (κ1) is 21.9. The van der Waals surface area contributed by atoms with Gasteiger partial charge in [0.05, 0.1) is 12.0 Å². The van der Waals surface area contributed by atoms with E-state index in [1.807, 2.05) is 6.07 Å². The highest BCUT2D eigenvalue weighted by Crippen LogP contribution is 2.29. The zero-order chi connectivity index (χ0) is 21.4. The maximum atomic E-state index is 12.5. The summed E-state index contributed by atoms with van der Waals surface area (Å²) in [6, 6.07) is 12.8. The van der Waals surface area contributed by atoms with Gasteiger partial charge >= 0.3 is 12.1 Å². The van der Waals surface area contributed by atoms with Crippen molar-refractivity contribution < 1.29 is 32.3 Å². The van der Waals surface area contributed by atoms with E-state index in [1.165, 1.54) is 6.92 Å². The van der Waals surface area contributed by atoms with Crippen LogP contribution in [0.25, 0.3) is 0 Å². The minimum absolute atomic E-state index is 0.0953. The Kier molecular flexibility index (Phi) is 7.35. The Morgan fingerprint density at radius 3 is 2.21 bits per heavy atom. The van der Waals surface area contributed by atoms with Crippen LogP contribution in [0.5, 0.6) is 0 Å². The smallest absolute Gasteiger partial charge is 0.416 e. The summed E-state index contributed by atoms with van der Waals surface area (Å²) >= 11 is 0. The molecule has 0 aliphatic heterocycles. The van der Waals surface area contributed by atoms with Crippen LogP contribution in [0.1, 0.15) is 18.1 Å². The predicted octanol–water partition coefficient (Wildman–Crippen LogP) is 2.93. The first-order chi connectivity index (χ1) is 13.6. The van der Waals surface area contributed by atoms with Crippen molar-refractivity contribution in [3.63, 3.8) is 0 Å². The van der Waals surface area contributed by atoms with Crippen LogP contribution in [-0.2, 0) is 31.7 Å². The first-order valence-electron chi connectivity index (χ1n) is 8.63. The Labute approximate surface area is 165 Å². The number of hydrogen-bond donors (Lipinski definition) is 2. The number of carbonyl (C=O) groups is 3. The van der Waals surface area contributed by atoms with Gasteiger partial charge in [-0.25, -0.2) is 0 Å². The molecule has 0 heterocycles. The van der Waals surface area contributed by atoms with Crippen LogP contribution in [0.2, 0.25) is 0 Å². The Hall–Kier alpha value is -3.36. The molecule has 2 amide bonds. The Bertz CT molecular complexity index is 852. The van der Waals surface area contributed by atoms with Crippen molar-refractivity contribution in [1.82, 2.24) is 5.32 Å². The van der Waals surface area contributed by atoms with Gasteiger partial charge in [-0.3, -0.25) is 14.4 Å². The fourth-order valence-electron chi connectivity index (χ4n) is 2.29. The molecule has 1 atom stereocenters. The van der Waals surface area contributed by atoms with E-state index >= 15 is 0 Å². The lowest BCUT2D eigenvalue weighted by Gasteiger charge is -2.14. The molecule has 2 N–H and O–H groups in total. The highest BCUT2D eigenvalue weighted by atomic mass is 19.4. The zero-order valence-electron chi connectivity index (χ0n) is 15.5. The van der Waals surface area contributed by atoms with Crippen LogP contribution in [0.4, 0.5) is 18.9 Å². The minimum atomic E-state index is -4.48. The number of amides is 2. The minimum Gasteiger partial charge on any atom is -0.451 e. The molecule has 0 unspecified atom stereocenters. The van der Waals surface area contributed by atoms with Crippen molar-refractivity contribution in [3.8, 4) is 0 Å². The molecular weight excluding hydrogens is 389 g/mol. The van der Waals surface area contributed by atoms with Crippen LogP contribution in [0, 0.1) is 0 Å². The molecule has 0 aromatic heterocycles. The number of ether oxygens (including phenoxy) is 1. The van der Waals surface area contributed by atoms with Gasteiger partial charge in [0.25, 0.3) is 5.91 Å². The highest BCUT2D eigenvalue weighted by Gasteiger charge is 2.30. The number of carbonyl (C=O) groups excluding carboxylic acids is 3. The molecule has 0 bridgehead atoms. The van der Waals surface area contributed by atoms with Gasteiger partial charge in [-0.2, -0.15) is 13.2 Å². The summed E-state index contributed by atoms with van der Waals surface area (Å²) in [4.78, 5) is 35.6. The van der Waals surface area contributed by atoms with Gasteiger partial charge in [0.15, 0.2) is 6.10 Å². The average Bonchev–Trinajstić information content (AvgIpc) is 2.67. The Morgan fingerprint density at radius 2 is 1.62 bits per heavy atom. The van der Waals surface area contributed by atoms with Gasteiger partial charge in [0, 0.05) is 5.69 Å². The van der Waals surface area contributed by atoms with E-state index in [0.717, 1.165) is 29.8 Å². The predicted molar refractivity (Wildman–Crippen MR) is 98.8 cm³/mol. The van der Waals surface area contributed by atoms with E-state index in [1.54, 1.807) is 24.3 Å². The number of esters is 1. The molecule has 0 fully saturated rings. The van der Waals surface area contributed by atoms with Crippen molar-refractivity contribution >= 4 is 23.5 Å². The summed E-state index contributed by atoms with van der Waals surface area (Å²) in [5, 5.41) is 4.75. The quantitative estimate of drug-likeness (QED) is 0.690. The highest BCUT2D eigenvalue weighted by molar-refractivity contribution is 5.95. The second-order valence-corrected chi connectivity index (χ2v) is 6.14. The molecule has 0 aliphatic carbocycles. The molecule has 0 saturated heterocycles. The normalized spacial score (nSPS) is 12.0.